The number of nitrogens with zero attached hydrogens (tertiary/aromatic N) is 5. The number of nitrogens with one attached hydrogen (secondary N) is 1. The summed E-state index contributed by atoms with van der Waals surface area (Å²) in [5.41, 5.74) is 2.70. The Bertz CT molecular complexity index is 1600. The molecule has 0 saturated carbocycles. The van der Waals surface area contributed by atoms with Crippen LogP contribution in [0.3, 0.4) is 0 Å². The summed E-state index contributed by atoms with van der Waals surface area (Å²) in [5, 5.41) is 0. The number of hydrogen-bond acceptors (Lipinski definition) is 6. The first-order valence-corrected chi connectivity index (χ1v) is 10.1. The van der Waals surface area contributed by atoms with E-state index in [2.05, 4.69) is 24.9 Å². The molecule has 0 fully saturated rings. The molecule has 6 rings (SSSR count). The van der Waals surface area contributed by atoms with Crippen molar-refractivity contribution in [2.45, 2.75) is 0 Å². The maximum atomic E-state index is 14.3. The molecule has 2 aromatic carbocycles. The van der Waals surface area contributed by atoms with E-state index in [9.17, 15) is 4.39 Å². The minimum atomic E-state index is -0.481. The van der Waals surface area contributed by atoms with Gasteiger partial charge in [0.15, 0.2) is 28.9 Å². The number of fused-ring (bicyclic) bond motifs is 2. The lowest BCUT2D eigenvalue weighted by atomic mass is 10.2. The van der Waals surface area contributed by atoms with Gasteiger partial charge in [-0.15, -0.1) is 0 Å². The second-order valence-electron chi connectivity index (χ2n) is 7.18. The van der Waals surface area contributed by atoms with Crippen LogP contribution in [0, 0.1) is 5.82 Å². The third kappa shape index (κ3) is 3.61. The number of para-hydroxylation sites is 1. The monoisotopic (exact) mass is 438 g/mol. The summed E-state index contributed by atoms with van der Waals surface area (Å²) < 4.78 is 28.2. The van der Waals surface area contributed by atoms with Crippen molar-refractivity contribution in [2.24, 2.45) is 0 Å². The molecule has 0 unspecified atom stereocenters. The molecular weight excluding hydrogens is 423 g/mol. The number of aromatic nitrogens is 6. The summed E-state index contributed by atoms with van der Waals surface area (Å²) >= 11 is 0. The van der Waals surface area contributed by atoms with Crippen molar-refractivity contribution in [3.8, 4) is 34.5 Å². The molecule has 0 saturated heterocycles. The fraction of sp³-hybridized carbons (Fsp3) is 0. The fourth-order valence-corrected chi connectivity index (χ4v) is 3.45. The lowest BCUT2D eigenvalue weighted by molar-refractivity contribution is 0.402. The molecule has 160 valence electrons. The average molecular weight is 438 g/mol. The van der Waals surface area contributed by atoms with Crippen molar-refractivity contribution in [3.05, 3.63) is 91.5 Å². The molecule has 33 heavy (non-hydrogen) atoms. The fourth-order valence-electron chi connectivity index (χ4n) is 3.45. The maximum absolute atomic E-state index is 14.3. The molecule has 8 nitrogen and oxygen atoms in total. The third-order valence-electron chi connectivity index (χ3n) is 5.00. The predicted octanol–water partition coefficient (Wildman–Crippen LogP) is 5.39. The van der Waals surface area contributed by atoms with Crippen LogP contribution in [0.1, 0.15) is 0 Å². The Kier molecular flexibility index (Phi) is 4.43. The Morgan fingerprint density at radius 1 is 0.879 bits per heavy atom. The third-order valence-corrected chi connectivity index (χ3v) is 5.00. The van der Waals surface area contributed by atoms with E-state index in [-0.39, 0.29) is 5.75 Å². The first kappa shape index (κ1) is 18.9. The topological polar surface area (TPSA) is 90.2 Å². The molecule has 0 spiro atoms. The SMILES string of the molecule is Fc1ccccc1Oc1cc2nc(-c3cnccn3)[nH]c2cc1Oc1ccc2nccn2c1. The van der Waals surface area contributed by atoms with Gasteiger partial charge in [0, 0.05) is 36.9 Å². The molecule has 9 heteroatoms. The normalized spacial score (nSPS) is 11.2. The number of halogens is 1. The van der Waals surface area contributed by atoms with Crippen molar-refractivity contribution in [3.63, 3.8) is 0 Å². The number of aromatic amines is 1. The van der Waals surface area contributed by atoms with E-state index in [4.69, 9.17) is 9.47 Å². The number of hydrogen-bond donors (Lipinski definition) is 1. The molecule has 6 aromatic rings. The number of imidazole rings is 2. The Balaban J connectivity index is 1.46. The molecule has 1 N–H and O–H groups in total. The summed E-state index contributed by atoms with van der Waals surface area (Å²) in [6, 6.07) is 13.3. The zero-order valence-corrected chi connectivity index (χ0v) is 17.0. The summed E-state index contributed by atoms with van der Waals surface area (Å²) in [6.45, 7) is 0. The Hall–Kier alpha value is -4.79. The second-order valence-corrected chi connectivity index (χ2v) is 7.18. The highest BCUT2D eigenvalue weighted by Gasteiger charge is 2.16. The highest BCUT2D eigenvalue weighted by atomic mass is 19.1. The Labute approximate surface area is 186 Å². The van der Waals surface area contributed by atoms with Gasteiger partial charge in [-0.05, 0) is 24.3 Å². The maximum Gasteiger partial charge on any atom is 0.172 e. The lowest BCUT2D eigenvalue weighted by Crippen LogP contribution is -1.94. The number of rotatable bonds is 5. The molecule has 4 aromatic heterocycles. The van der Waals surface area contributed by atoms with Gasteiger partial charge in [-0.25, -0.2) is 19.3 Å². The van der Waals surface area contributed by atoms with Crippen molar-refractivity contribution >= 4 is 16.7 Å². The van der Waals surface area contributed by atoms with Crippen molar-refractivity contribution in [1.29, 1.82) is 0 Å². The van der Waals surface area contributed by atoms with Gasteiger partial charge in [0.2, 0.25) is 0 Å². The van der Waals surface area contributed by atoms with Crippen LogP contribution < -0.4 is 9.47 Å². The largest absolute Gasteiger partial charge is 0.452 e. The van der Waals surface area contributed by atoms with Gasteiger partial charge in [-0.3, -0.25) is 4.98 Å². The zero-order chi connectivity index (χ0) is 22.2. The first-order valence-electron chi connectivity index (χ1n) is 10.1. The van der Waals surface area contributed by atoms with Crippen molar-refractivity contribution < 1.29 is 13.9 Å². The Morgan fingerprint density at radius 2 is 1.79 bits per heavy atom. The van der Waals surface area contributed by atoms with Crippen LogP contribution in [0.2, 0.25) is 0 Å². The van der Waals surface area contributed by atoms with E-state index in [0.29, 0.717) is 39.8 Å². The average Bonchev–Trinajstić information content (AvgIpc) is 3.47. The standard InChI is InChI=1S/C24H15FN6O2/c25-16-3-1-2-4-20(16)33-22-12-18-17(29-24(30-18)19-13-26-7-8-27-19)11-21(22)32-15-5-6-23-28-9-10-31(23)14-15/h1-14H,(H,29,30). The number of pyridine rings is 1. The van der Waals surface area contributed by atoms with E-state index in [1.165, 1.54) is 6.07 Å². The number of ether oxygens (including phenoxy) is 2. The molecule has 4 heterocycles. The van der Waals surface area contributed by atoms with Crippen LogP contribution in [0.25, 0.3) is 28.2 Å². The molecule has 0 aliphatic carbocycles. The molecule has 0 radical (unpaired) electrons. The number of H-pyrrole nitrogens is 1. The highest BCUT2D eigenvalue weighted by Crippen LogP contribution is 2.39. The molecular formula is C24H15FN6O2. The van der Waals surface area contributed by atoms with Crippen LogP contribution in [-0.2, 0) is 0 Å². The van der Waals surface area contributed by atoms with E-state index in [0.717, 1.165) is 5.65 Å². The van der Waals surface area contributed by atoms with Gasteiger partial charge in [-0.1, -0.05) is 12.1 Å². The van der Waals surface area contributed by atoms with Gasteiger partial charge in [0.25, 0.3) is 0 Å². The summed E-state index contributed by atoms with van der Waals surface area (Å²) in [7, 11) is 0. The highest BCUT2D eigenvalue weighted by molar-refractivity contribution is 5.82. The van der Waals surface area contributed by atoms with E-state index in [1.807, 2.05) is 16.7 Å². The second kappa shape index (κ2) is 7.72. The summed E-state index contributed by atoms with van der Waals surface area (Å²) in [4.78, 5) is 20.4. The summed E-state index contributed by atoms with van der Waals surface area (Å²) in [5.74, 6) is 1.41. The van der Waals surface area contributed by atoms with E-state index >= 15 is 0 Å². The molecule has 0 bridgehead atoms. The van der Waals surface area contributed by atoms with Crippen LogP contribution in [-0.4, -0.2) is 29.3 Å². The van der Waals surface area contributed by atoms with Gasteiger partial charge in [-0.2, -0.15) is 0 Å². The quantitative estimate of drug-likeness (QED) is 0.388. The predicted molar refractivity (Wildman–Crippen MR) is 119 cm³/mol. The van der Waals surface area contributed by atoms with E-state index < -0.39 is 5.82 Å². The van der Waals surface area contributed by atoms with Crippen LogP contribution in [0.15, 0.2) is 85.7 Å². The van der Waals surface area contributed by atoms with Gasteiger partial charge in [0.05, 0.1) is 23.4 Å². The van der Waals surface area contributed by atoms with Gasteiger partial charge < -0.3 is 18.9 Å². The van der Waals surface area contributed by atoms with Crippen LogP contribution in [0.4, 0.5) is 4.39 Å². The van der Waals surface area contributed by atoms with Crippen LogP contribution >= 0.6 is 0 Å². The molecule has 0 aliphatic rings. The Morgan fingerprint density at radius 3 is 2.67 bits per heavy atom. The minimum Gasteiger partial charge on any atom is -0.452 e. The smallest absolute Gasteiger partial charge is 0.172 e. The lowest BCUT2D eigenvalue weighted by Gasteiger charge is -2.13. The molecule has 0 atom stereocenters. The molecule has 0 amide bonds. The summed E-state index contributed by atoms with van der Waals surface area (Å²) in [6.07, 6.45) is 10.1. The van der Waals surface area contributed by atoms with Gasteiger partial charge >= 0.3 is 0 Å². The van der Waals surface area contributed by atoms with Crippen molar-refractivity contribution in [2.75, 3.05) is 0 Å². The molecule has 0 aliphatic heterocycles. The van der Waals surface area contributed by atoms with Gasteiger partial charge in [0.1, 0.15) is 17.1 Å². The van der Waals surface area contributed by atoms with Crippen LogP contribution in [0.5, 0.6) is 23.0 Å². The minimum absolute atomic E-state index is 0.0800. The van der Waals surface area contributed by atoms with E-state index in [1.54, 1.807) is 67.4 Å². The number of benzene rings is 2. The zero-order valence-electron chi connectivity index (χ0n) is 17.0. The first-order chi connectivity index (χ1) is 16.2. The van der Waals surface area contributed by atoms with Crippen molar-refractivity contribution in [1.82, 2.24) is 29.3 Å².